The summed E-state index contributed by atoms with van der Waals surface area (Å²) in [4.78, 5) is 5.26. The Morgan fingerprint density at radius 1 is 1.24 bits per heavy atom. The fourth-order valence-electron chi connectivity index (χ4n) is 2.35. The third-order valence-electron chi connectivity index (χ3n) is 3.47. The van der Waals surface area contributed by atoms with Crippen molar-refractivity contribution in [2.75, 3.05) is 12.3 Å². The average Bonchev–Trinajstić information content (AvgIpc) is 3.36. The van der Waals surface area contributed by atoms with Gasteiger partial charge in [0, 0.05) is 0 Å². The van der Waals surface area contributed by atoms with Crippen LogP contribution in [0.5, 0.6) is 5.75 Å². The molecular weight excluding hydrogens is 340 g/mol. The van der Waals surface area contributed by atoms with Crippen LogP contribution in [0, 0.1) is 0 Å². The van der Waals surface area contributed by atoms with Crippen LogP contribution in [-0.4, -0.2) is 31.7 Å². The summed E-state index contributed by atoms with van der Waals surface area (Å²) in [5.74, 6) is 1.68. The van der Waals surface area contributed by atoms with E-state index in [0.29, 0.717) is 35.4 Å². The van der Waals surface area contributed by atoms with E-state index in [1.54, 1.807) is 0 Å². The highest BCUT2D eigenvalue weighted by Gasteiger charge is 2.21. The third kappa shape index (κ3) is 2.74. The smallest absolute Gasteiger partial charge is 0.282 e. The van der Waals surface area contributed by atoms with E-state index in [2.05, 4.69) is 20.5 Å². The van der Waals surface area contributed by atoms with Crippen molar-refractivity contribution in [3.8, 4) is 33.7 Å². The van der Waals surface area contributed by atoms with Crippen molar-refractivity contribution in [1.29, 1.82) is 0 Å². The maximum absolute atomic E-state index is 6.22. The highest BCUT2D eigenvalue weighted by molar-refractivity contribution is 7.13. The molecule has 0 radical (unpaired) electrons. The van der Waals surface area contributed by atoms with Gasteiger partial charge in [0.05, 0.1) is 11.5 Å². The molecule has 0 aliphatic carbocycles. The largest absolute Gasteiger partial charge is 0.492 e. The van der Waals surface area contributed by atoms with Crippen LogP contribution in [0.25, 0.3) is 28.0 Å². The predicted octanol–water partition coefficient (Wildman–Crippen LogP) is 3.03. The number of nitrogens with two attached hydrogens (primary N) is 1. The zero-order valence-corrected chi connectivity index (χ0v) is 14.1. The molecule has 1 aromatic carbocycles. The van der Waals surface area contributed by atoms with Crippen LogP contribution in [0.3, 0.4) is 0 Å². The lowest BCUT2D eigenvalue weighted by Gasteiger charge is -2.10. The van der Waals surface area contributed by atoms with E-state index < -0.39 is 0 Å². The van der Waals surface area contributed by atoms with E-state index in [-0.39, 0.29) is 5.89 Å². The van der Waals surface area contributed by atoms with Crippen molar-refractivity contribution in [2.45, 2.75) is 6.92 Å². The molecule has 0 atom stereocenters. The summed E-state index contributed by atoms with van der Waals surface area (Å²) in [6.07, 6.45) is 0. The second kappa shape index (κ2) is 6.36. The van der Waals surface area contributed by atoms with Crippen molar-refractivity contribution in [2.24, 2.45) is 0 Å². The van der Waals surface area contributed by atoms with Gasteiger partial charge in [-0.15, -0.1) is 16.4 Å². The highest BCUT2D eigenvalue weighted by Crippen LogP contribution is 2.30. The monoisotopic (exact) mass is 354 g/mol. The van der Waals surface area contributed by atoms with Gasteiger partial charge < -0.3 is 15.0 Å². The fraction of sp³-hybridized carbons (Fsp3) is 0.125. The minimum absolute atomic E-state index is 0.223. The summed E-state index contributed by atoms with van der Waals surface area (Å²) in [6.45, 7) is 2.45. The summed E-state index contributed by atoms with van der Waals surface area (Å²) in [5.41, 5.74) is 7.25. The Hall–Kier alpha value is -3.20. The van der Waals surface area contributed by atoms with Gasteiger partial charge in [0.25, 0.3) is 5.89 Å². The second-order valence-electron chi connectivity index (χ2n) is 5.04. The lowest BCUT2D eigenvalue weighted by molar-refractivity contribution is 0.338. The second-order valence-corrected chi connectivity index (χ2v) is 5.98. The predicted molar refractivity (Wildman–Crippen MR) is 93.5 cm³/mol. The number of aromatic nitrogens is 5. The van der Waals surface area contributed by atoms with Gasteiger partial charge in [-0.05, 0) is 30.5 Å². The number of anilines is 1. The maximum atomic E-state index is 6.22. The Balaban J connectivity index is 1.73. The SMILES string of the molecule is CCOc1ccccc1-n1nnc(-c2nc(-c3cccs3)no2)c1N. The summed E-state index contributed by atoms with van der Waals surface area (Å²) in [5, 5.41) is 14.1. The summed E-state index contributed by atoms with van der Waals surface area (Å²) in [6, 6.07) is 11.3. The molecule has 25 heavy (non-hydrogen) atoms. The first-order chi connectivity index (χ1) is 12.3. The van der Waals surface area contributed by atoms with Crippen LogP contribution < -0.4 is 10.5 Å². The number of ether oxygens (including phenoxy) is 1. The molecule has 0 aliphatic heterocycles. The molecule has 0 spiro atoms. The first-order valence-corrected chi connectivity index (χ1v) is 8.47. The quantitative estimate of drug-likeness (QED) is 0.587. The van der Waals surface area contributed by atoms with Gasteiger partial charge in [-0.25, -0.2) is 0 Å². The molecule has 0 bridgehead atoms. The molecule has 4 aromatic rings. The van der Waals surface area contributed by atoms with E-state index in [0.717, 1.165) is 4.88 Å². The molecule has 3 aromatic heterocycles. The van der Waals surface area contributed by atoms with Gasteiger partial charge in [-0.2, -0.15) is 9.67 Å². The van der Waals surface area contributed by atoms with Crippen LogP contribution in [0.4, 0.5) is 5.82 Å². The van der Waals surface area contributed by atoms with Crippen LogP contribution in [0.1, 0.15) is 6.92 Å². The standard InChI is InChI=1S/C16H14N6O2S/c1-2-23-11-7-4-3-6-10(11)22-14(17)13(19-21-22)16-18-15(20-24-16)12-8-5-9-25-12/h3-9H,2,17H2,1H3. The van der Waals surface area contributed by atoms with Crippen molar-refractivity contribution >= 4 is 17.2 Å². The Morgan fingerprint density at radius 3 is 2.92 bits per heavy atom. The Morgan fingerprint density at radius 2 is 2.12 bits per heavy atom. The molecule has 4 rings (SSSR count). The topological polar surface area (TPSA) is 105 Å². The lowest BCUT2D eigenvalue weighted by atomic mass is 10.3. The van der Waals surface area contributed by atoms with Crippen LogP contribution in [-0.2, 0) is 0 Å². The molecule has 0 aliphatic rings. The molecule has 2 N–H and O–H groups in total. The van der Waals surface area contributed by atoms with Gasteiger partial charge in [0.1, 0.15) is 11.4 Å². The number of para-hydroxylation sites is 2. The van der Waals surface area contributed by atoms with Gasteiger partial charge in [-0.1, -0.05) is 28.6 Å². The minimum Gasteiger partial charge on any atom is -0.492 e. The first kappa shape index (κ1) is 15.3. The van der Waals surface area contributed by atoms with Crippen LogP contribution in [0.2, 0.25) is 0 Å². The highest BCUT2D eigenvalue weighted by atomic mass is 32.1. The van der Waals surface area contributed by atoms with Gasteiger partial charge in [0.2, 0.25) is 5.82 Å². The van der Waals surface area contributed by atoms with E-state index >= 15 is 0 Å². The normalized spacial score (nSPS) is 10.9. The van der Waals surface area contributed by atoms with Gasteiger partial charge in [0.15, 0.2) is 11.5 Å². The fourth-order valence-corrected chi connectivity index (χ4v) is 3.00. The summed E-state index contributed by atoms with van der Waals surface area (Å²) < 4.78 is 12.4. The third-order valence-corrected chi connectivity index (χ3v) is 4.33. The van der Waals surface area contributed by atoms with E-state index in [9.17, 15) is 0 Å². The molecule has 0 fully saturated rings. The molecule has 0 unspecified atom stereocenters. The van der Waals surface area contributed by atoms with Gasteiger partial charge >= 0.3 is 0 Å². The molecule has 0 saturated carbocycles. The number of benzene rings is 1. The van der Waals surface area contributed by atoms with Crippen molar-refractivity contribution in [3.63, 3.8) is 0 Å². The first-order valence-electron chi connectivity index (χ1n) is 7.59. The zero-order chi connectivity index (χ0) is 17.2. The molecule has 126 valence electrons. The number of hydrogen-bond donors (Lipinski definition) is 1. The van der Waals surface area contributed by atoms with E-state index in [4.69, 9.17) is 15.0 Å². The minimum atomic E-state index is 0.223. The number of thiophene rings is 1. The number of rotatable bonds is 5. The van der Waals surface area contributed by atoms with Gasteiger partial charge in [-0.3, -0.25) is 0 Å². The molecule has 8 nitrogen and oxygen atoms in total. The maximum Gasteiger partial charge on any atom is 0.282 e. The van der Waals surface area contributed by atoms with Crippen LogP contribution >= 0.6 is 11.3 Å². The molecular formula is C16H14N6O2S. The summed E-state index contributed by atoms with van der Waals surface area (Å²) >= 11 is 1.52. The Bertz CT molecular complexity index is 992. The number of nitrogens with zero attached hydrogens (tertiary/aromatic N) is 5. The molecule has 0 saturated heterocycles. The molecule has 0 amide bonds. The molecule has 9 heteroatoms. The lowest BCUT2D eigenvalue weighted by Crippen LogP contribution is -2.05. The zero-order valence-electron chi connectivity index (χ0n) is 13.3. The number of hydrogen-bond acceptors (Lipinski definition) is 8. The van der Waals surface area contributed by atoms with Crippen molar-refractivity contribution in [1.82, 2.24) is 25.1 Å². The molecule has 3 heterocycles. The Labute approximate surface area is 146 Å². The van der Waals surface area contributed by atoms with E-state index in [1.807, 2.05) is 48.7 Å². The Kier molecular flexibility index (Phi) is 3.90. The van der Waals surface area contributed by atoms with Crippen molar-refractivity contribution in [3.05, 3.63) is 41.8 Å². The van der Waals surface area contributed by atoms with E-state index in [1.165, 1.54) is 16.0 Å². The average molecular weight is 354 g/mol. The number of nitrogen functional groups attached to an aromatic ring is 1. The summed E-state index contributed by atoms with van der Waals surface area (Å²) in [7, 11) is 0. The van der Waals surface area contributed by atoms with Crippen LogP contribution in [0.15, 0.2) is 46.3 Å². The van der Waals surface area contributed by atoms with Crippen molar-refractivity contribution < 1.29 is 9.26 Å².